The minimum atomic E-state index is -4.16. The number of hydrogen-bond donors (Lipinski definition) is 1. The molecular formula is C31H35BrClN3O4S. The first-order valence-corrected chi connectivity index (χ1v) is 16.3. The molecule has 1 aliphatic carbocycles. The summed E-state index contributed by atoms with van der Waals surface area (Å²) in [5.41, 5.74) is 2.67. The van der Waals surface area contributed by atoms with Gasteiger partial charge in [0.25, 0.3) is 10.0 Å². The van der Waals surface area contributed by atoms with Crippen LogP contribution in [0.4, 0.5) is 5.69 Å². The van der Waals surface area contributed by atoms with Crippen LogP contribution in [-0.4, -0.2) is 43.8 Å². The molecule has 1 atom stereocenters. The van der Waals surface area contributed by atoms with Crippen molar-refractivity contribution < 1.29 is 18.0 Å². The predicted molar refractivity (Wildman–Crippen MR) is 166 cm³/mol. The summed E-state index contributed by atoms with van der Waals surface area (Å²) >= 11 is 9.73. The molecule has 0 aromatic heterocycles. The van der Waals surface area contributed by atoms with Crippen molar-refractivity contribution in [3.05, 3.63) is 92.9 Å². The standard InChI is InChI=1S/C31H35BrClN3O4S/c1-21-8-16-28(17-9-21)41(39,40)36(29-18-26(33)15-10-22(29)2)20-30(37)35(19-24-11-13-25(32)14-12-24)23(3)31(38)34-27-6-4-5-7-27/h8-18,23,27H,4-7,19-20H2,1-3H3,(H,34,38)/t23-/m1/s1. The monoisotopic (exact) mass is 659 g/mol. The molecule has 0 unspecified atom stereocenters. The normalized spacial score (nSPS) is 14.5. The molecule has 218 valence electrons. The molecule has 0 aliphatic heterocycles. The number of nitrogens with zero attached hydrogens (tertiary/aromatic N) is 2. The van der Waals surface area contributed by atoms with Gasteiger partial charge in [-0.15, -0.1) is 0 Å². The Kier molecular flexibility index (Phi) is 10.2. The third-order valence-electron chi connectivity index (χ3n) is 7.46. The number of halogens is 2. The highest BCUT2D eigenvalue weighted by Crippen LogP contribution is 2.30. The van der Waals surface area contributed by atoms with Gasteiger partial charge in [0.05, 0.1) is 10.6 Å². The molecule has 10 heteroatoms. The van der Waals surface area contributed by atoms with Gasteiger partial charge in [0.1, 0.15) is 12.6 Å². The number of rotatable bonds is 10. The number of hydrogen-bond acceptors (Lipinski definition) is 4. The van der Waals surface area contributed by atoms with Crippen LogP contribution in [0.1, 0.15) is 49.3 Å². The average Bonchev–Trinajstić information content (AvgIpc) is 3.45. The third kappa shape index (κ3) is 7.70. The van der Waals surface area contributed by atoms with Gasteiger partial charge in [0.15, 0.2) is 0 Å². The highest BCUT2D eigenvalue weighted by atomic mass is 79.9. The lowest BCUT2D eigenvalue weighted by atomic mass is 10.1. The Labute approximate surface area is 256 Å². The van der Waals surface area contributed by atoms with E-state index in [1.165, 1.54) is 17.0 Å². The van der Waals surface area contributed by atoms with Crippen molar-refractivity contribution in [1.82, 2.24) is 10.2 Å². The summed E-state index contributed by atoms with van der Waals surface area (Å²) in [5, 5.41) is 3.43. The smallest absolute Gasteiger partial charge is 0.264 e. The van der Waals surface area contributed by atoms with Crippen molar-refractivity contribution in [2.45, 2.75) is 70.0 Å². The van der Waals surface area contributed by atoms with Crippen LogP contribution < -0.4 is 9.62 Å². The maximum atomic E-state index is 14.1. The second-order valence-corrected chi connectivity index (χ2v) is 13.8. The zero-order chi connectivity index (χ0) is 29.7. The van der Waals surface area contributed by atoms with E-state index in [9.17, 15) is 18.0 Å². The summed E-state index contributed by atoms with van der Waals surface area (Å²) in [6.07, 6.45) is 3.95. The fraction of sp³-hybridized carbons (Fsp3) is 0.355. The maximum absolute atomic E-state index is 14.1. The molecule has 4 rings (SSSR count). The Balaban J connectivity index is 1.71. The lowest BCUT2D eigenvalue weighted by Crippen LogP contribution is -2.52. The van der Waals surface area contributed by atoms with Crippen LogP contribution in [0.2, 0.25) is 5.02 Å². The fourth-order valence-corrected chi connectivity index (χ4v) is 6.86. The molecule has 1 saturated carbocycles. The lowest BCUT2D eigenvalue weighted by molar-refractivity contribution is -0.139. The Morgan fingerprint density at radius 2 is 1.63 bits per heavy atom. The molecule has 0 bridgehead atoms. The fourth-order valence-electron chi connectivity index (χ4n) is 4.96. The van der Waals surface area contributed by atoms with Crippen molar-refractivity contribution >= 4 is 55.1 Å². The number of sulfonamides is 1. The van der Waals surface area contributed by atoms with Gasteiger partial charge in [-0.25, -0.2) is 8.42 Å². The molecule has 0 saturated heterocycles. The first kappa shape index (κ1) is 31.1. The summed E-state index contributed by atoms with van der Waals surface area (Å²) < 4.78 is 30.0. The summed E-state index contributed by atoms with van der Waals surface area (Å²) in [6.45, 7) is 4.96. The minimum absolute atomic E-state index is 0.0572. The Hall–Kier alpha value is -2.88. The van der Waals surface area contributed by atoms with Crippen LogP contribution in [0.15, 0.2) is 76.1 Å². The van der Waals surface area contributed by atoms with Crippen molar-refractivity contribution in [2.24, 2.45) is 0 Å². The van der Waals surface area contributed by atoms with Gasteiger partial charge in [-0.05, 0) is 81.1 Å². The van der Waals surface area contributed by atoms with E-state index in [0.717, 1.165) is 45.6 Å². The molecule has 3 aromatic rings. The molecule has 0 radical (unpaired) electrons. The number of amides is 2. The van der Waals surface area contributed by atoms with E-state index >= 15 is 0 Å². The summed E-state index contributed by atoms with van der Waals surface area (Å²) in [5.74, 6) is -0.758. The van der Waals surface area contributed by atoms with Crippen LogP contribution in [0.5, 0.6) is 0 Å². The number of nitrogens with one attached hydrogen (secondary N) is 1. The van der Waals surface area contributed by atoms with Crippen LogP contribution in [-0.2, 0) is 26.2 Å². The van der Waals surface area contributed by atoms with Gasteiger partial charge < -0.3 is 10.2 Å². The van der Waals surface area contributed by atoms with Crippen LogP contribution >= 0.6 is 27.5 Å². The second kappa shape index (κ2) is 13.4. The summed E-state index contributed by atoms with van der Waals surface area (Å²) in [6, 6.07) is 18.2. The van der Waals surface area contributed by atoms with E-state index < -0.39 is 28.5 Å². The molecule has 3 aromatic carbocycles. The van der Waals surface area contributed by atoms with E-state index in [4.69, 9.17) is 11.6 Å². The molecule has 0 heterocycles. The first-order valence-electron chi connectivity index (χ1n) is 13.7. The summed E-state index contributed by atoms with van der Waals surface area (Å²) in [7, 11) is -4.16. The molecule has 2 amide bonds. The van der Waals surface area contributed by atoms with Crippen LogP contribution in [0.3, 0.4) is 0 Å². The second-order valence-electron chi connectivity index (χ2n) is 10.6. The largest absolute Gasteiger partial charge is 0.352 e. The van der Waals surface area contributed by atoms with Crippen molar-refractivity contribution in [3.8, 4) is 0 Å². The van der Waals surface area contributed by atoms with Crippen molar-refractivity contribution in [2.75, 3.05) is 10.8 Å². The molecule has 41 heavy (non-hydrogen) atoms. The molecule has 1 aliphatic rings. The Morgan fingerprint density at radius 3 is 2.27 bits per heavy atom. The third-order valence-corrected chi connectivity index (χ3v) is 10.0. The van der Waals surface area contributed by atoms with E-state index in [-0.39, 0.29) is 23.4 Å². The first-order chi connectivity index (χ1) is 19.5. The van der Waals surface area contributed by atoms with Crippen molar-refractivity contribution in [1.29, 1.82) is 0 Å². The molecule has 0 spiro atoms. The quantitative estimate of drug-likeness (QED) is 0.273. The topological polar surface area (TPSA) is 86.8 Å². The van der Waals surface area contributed by atoms with E-state index in [1.54, 1.807) is 44.2 Å². The van der Waals surface area contributed by atoms with E-state index in [2.05, 4.69) is 21.2 Å². The van der Waals surface area contributed by atoms with Crippen LogP contribution in [0, 0.1) is 13.8 Å². The van der Waals surface area contributed by atoms with E-state index in [1.807, 2.05) is 31.2 Å². The molecule has 1 fully saturated rings. The highest BCUT2D eigenvalue weighted by molar-refractivity contribution is 9.10. The summed E-state index contributed by atoms with van der Waals surface area (Å²) in [4.78, 5) is 28.9. The molecular weight excluding hydrogens is 626 g/mol. The zero-order valence-corrected chi connectivity index (χ0v) is 26.6. The van der Waals surface area contributed by atoms with Gasteiger partial charge in [0, 0.05) is 22.1 Å². The average molecular weight is 661 g/mol. The Morgan fingerprint density at radius 1 is 1.00 bits per heavy atom. The minimum Gasteiger partial charge on any atom is -0.352 e. The SMILES string of the molecule is Cc1ccc(S(=O)(=O)N(CC(=O)N(Cc2ccc(Br)cc2)[C@H](C)C(=O)NC2CCCC2)c2cc(Cl)ccc2C)cc1. The van der Waals surface area contributed by atoms with E-state index in [0.29, 0.717) is 16.3 Å². The van der Waals surface area contributed by atoms with Crippen LogP contribution in [0.25, 0.3) is 0 Å². The van der Waals surface area contributed by atoms with Crippen molar-refractivity contribution in [3.63, 3.8) is 0 Å². The molecule has 1 N–H and O–H groups in total. The van der Waals surface area contributed by atoms with Gasteiger partial charge in [-0.2, -0.15) is 0 Å². The highest BCUT2D eigenvalue weighted by Gasteiger charge is 2.34. The van der Waals surface area contributed by atoms with Gasteiger partial charge in [-0.1, -0.05) is 76.3 Å². The zero-order valence-electron chi connectivity index (χ0n) is 23.4. The van der Waals surface area contributed by atoms with Gasteiger partial charge >= 0.3 is 0 Å². The Bertz CT molecular complexity index is 1490. The number of carbonyl (C=O) groups is 2. The van der Waals surface area contributed by atoms with Gasteiger partial charge in [-0.3, -0.25) is 13.9 Å². The molecule has 7 nitrogen and oxygen atoms in total. The number of aryl methyl sites for hydroxylation is 2. The number of benzene rings is 3. The number of carbonyl (C=O) groups excluding carboxylic acids is 2. The lowest BCUT2D eigenvalue weighted by Gasteiger charge is -2.33. The number of anilines is 1. The van der Waals surface area contributed by atoms with Gasteiger partial charge in [0.2, 0.25) is 11.8 Å². The maximum Gasteiger partial charge on any atom is 0.264 e. The predicted octanol–water partition coefficient (Wildman–Crippen LogP) is 6.39.